The fourth-order valence-corrected chi connectivity index (χ4v) is 1.61. The van der Waals surface area contributed by atoms with Gasteiger partial charge in [-0.2, -0.15) is 15.0 Å². The SMILES string of the molecule is CCOc1nc(NN)nc(N(C)CCOCC2CC2)n1. The monoisotopic (exact) mass is 282 g/mol. The second kappa shape index (κ2) is 7.20. The molecule has 3 N–H and O–H groups in total. The summed E-state index contributed by atoms with van der Waals surface area (Å²) in [7, 11) is 1.89. The van der Waals surface area contributed by atoms with E-state index in [9.17, 15) is 0 Å². The normalized spacial score (nSPS) is 14.2. The van der Waals surface area contributed by atoms with E-state index in [4.69, 9.17) is 15.3 Å². The van der Waals surface area contributed by atoms with Crippen molar-refractivity contribution in [3.63, 3.8) is 0 Å². The Balaban J connectivity index is 1.88. The Kier molecular flexibility index (Phi) is 5.31. The first kappa shape index (κ1) is 14.7. The fraction of sp³-hybridized carbons (Fsp3) is 0.750. The molecule has 1 aliphatic rings. The molecule has 8 heteroatoms. The molecular formula is C12H22N6O2. The van der Waals surface area contributed by atoms with Crippen LogP contribution < -0.4 is 20.9 Å². The molecule has 1 aliphatic carbocycles. The smallest absolute Gasteiger partial charge is 0.323 e. The number of nitrogens with two attached hydrogens (primary N) is 1. The summed E-state index contributed by atoms with van der Waals surface area (Å²) in [6.07, 6.45) is 2.60. The molecule has 0 unspecified atom stereocenters. The summed E-state index contributed by atoms with van der Waals surface area (Å²) in [5.74, 6) is 6.91. The summed E-state index contributed by atoms with van der Waals surface area (Å²) < 4.78 is 10.9. The molecule has 112 valence electrons. The first-order chi connectivity index (χ1) is 9.72. The van der Waals surface area contributed by atoms with Crippen LogP contribution in [0.15, 0.2) is 0 Å². The van der Waals surface area contributed by atoms with Gasteiger partial charge in [-0.15, -0.1) is 0 Å². The summed E-state index contributed by atoms with van der Waals surface area (Å²) in [6.45, 7) is 4.56. The molecule has 1 aromatic rings. The zero-order chi connectivity index (χ0) is 14.4. The lowest BCUT2D eigenvalue weighted by atomic mass is 10.5. The lowest BCUT2D eigenvalue weighted by molar-refractivity contribution is 0.130. The van der Waals surface area contributed by atoms with Crippen LogP contribution in [0.2, 0.25) is 0 Å². The van der Waals surface area contributed by atoms with Crippen molar-refractivity contribution < 1.29 is 9.47 Å². The lowest BCUT2D eigenvalue weighted by Crippen LogP contribution is -2.26. The first-order valence-electron chi connectivity index (χ1n) is 6.87. The Labute approximate surface area is 118 Å². The Bertz CT molecular complexity index is 426. The van der Waals surface area contributed by atoms with Crippen molar-refractivity contribution >= 4 is 11.9 Å². The Morgan fingerprint density at radius 3 is 2.80 bits per heavy atom. The number of hydrogen-bond acceptors (Lipinski definition) is 8. The topological polar surface area (TPSA) is 98.4 Å². The Morgan fingerprint density at radius 1 is 1.35 bits per heavy atom. The third kappa shape index (κ3) is 4.46. The van der Waals surface area contributed by atoms with Gasteiger partial charge in [-0.05, 0) is 25.7 Å². The molecule has 20 heavy (non-hydrogen) atoms. The number of nitrogens with zero attached hydrogens (tertiary/aromatic N) is 4. The predicted molar refractivity (Wildman–Crippen MR) is 75.6 cm³/mol. The van der Waals surface area contributed by atoms with Crippen LogP contribution >= 0.6 is 0 Å². The van der Waals surface area contributed by atoms with E-state index >= 15 is 0 Å². The van der Waals surface area contributed by atoms with Crippen LogP contribution in [0.4, 0.5) is 11.9 Å². The summed E-state index contributed by atoms with van der Waals surface area (Å²) in [5.41, 5.74) is 2.41. The summed E-state index contributed by atoms with van der Waals surface area (Å²) in [5, 5.41) is 0. The highest BCUT2D eigenvalue weighted by atomic mass is 16.5. The molecule has 0 aromatic carbocycles. The molecule has 0 radical (unpaired) electrons. The van der Waals surface area contributed by atoms with Gasteiger partial charge in [-0.25, -0.2) is 5.84 Å². The molecule has 1 saturated carbocycles. The van der Waals surface area contributed by atoms with Gasteiger partial charge in [0.15, 0.2) is 0 Å². The average Bonchev–Trinajstić information content (AvgIpc) is 3.27. The van der Waals surface area contributed by atoms with Crippen molar-refractivity contribution in [2.24, 2.45) is 11.8 Å². The lowest BCUT2D eigenvalue weighted by Gasteiger charge is -2.17. The van der Waals surface area contributed by atoms with Crippen LogP contribution in [-0.2, 0) is 4.74 Å². The molecule has 1 fully saturated rings. The van der Waals surface area contributed by atoms with E-state index in [1.807, 2.05) is 18.9 Å². The van der Waals surface area contributed by atoms with Crippen LogP contribution in [0.3, 0.4) is 0 Å². The quantitative estimate of drug-likeness (QED) is 0.382. The van der Waals surface area contributed by atoms with Gasteiger partial charge in [-0.1, -0.05) is 0 Å². The predicted octanol–water partition coefficient (Wildman–Crippen LogP) is 0.419. The van der Waals surface area contributed by atoms with E-state index in [0.717, 1.165) is 12.5 Å². The number of likely N-dealkylation sites (N-methyl/N-ethyl adjacent to an activating group) is 1. The minimum absolute atomic E-state index is 0.260. The van der Waals surface area contributed by atoms with E-state index in [2.05, 4.69) is 20.4 Å². The molecule has 0 aliphatic heterocycles. The first-order valence-corrected chi connectivity index (χ1v) is 6.87. The van der Waals surface area contributed by atoms with Gasteiger partial charge < -0.3 is 14.4 Å². The van der Waals surface area contributed by atoms with E-state index in [-0.39, 0.29) is 12.0 Å². The summed E-state index contributed by atoms with van der Waals surface area (Å²) in [4.78, 5) is 14.3. The highest BCUT2D eigenvalue weighted by molar-refractivity contribution is 5.36. The number of ether oxygens (including phenoxy) is 2. The number of anilines is 2. The van der Waals surface area contributed by atoms with Crippen molar-refractivity contribution in [3.05, 3.63) is 0 Å². The third-order valence-corrected chi connectivity index (χ3v) is 2.97. The average molecular weight is 282 g/mol. The number of nitrogens with one attached hydrogen (secondary N) is 1. The van der Waals surface area contributed by atoms with E-state index in [1.54, 1.807) is 0 Å². The minimum atomic E-state index is 0.260. The maximum Gasteiger partial charge on any atom is 0.323 e. The molecule has 1 heterocycles. The molecular weight excluding hydrogens is 260 g/mol. The molecule has 8 nitrogen and oxygen atoms in total. The van der Waals surface area contributed by atoms with E-state index in [1.165, 1.54) is 12.8 Å². The van der Waals surface area contributed by atoms with Crippen LogP contribution in [0.25, 0.3) is 0 Å². The summed E-state index contributed by atoms with van der Waals surface area (Å²) in [6, 6.07) is 0.260. The van der Waals surface area contributed by atoms with Gasteiger partial charge in [0.1, 0.15) is 0 Å². The van der Waals surface area contributed by atoms with Crippen LogP contribution in [0.1, 0.15) is 19.8 Å². The second-order valence-electron chi connectivity index (χ2n) is 4.76. The third-order valence-electron chi connectivity index (χ3n) is 2.97. The van der Waals surface area contributed by atoms with Crippen LogP contribution in [0.5, 0.6) is 6.01 Å². The van der Waals surface area contributed by atoms with Crippen molar-refractivity contribution in [1.82, 2.24) is 15.0 Å². The van der Waals surface area contributed by atoms with Crippen LogP contribution in [0, 0.1) is 5.92 Å². The zero-order valence-corrected chi connectivity index (χ0v) is 12.0. The van der Waals surface area contributed by atoms with Gasteiger partial charge in [0.2, 0.25) is 11.9 Å². The van der Waals surface area contributed by atoms with Gasteiger partial charge in [0.05, 0.1) is 13.2 Å². The summed E-state index contributed by atoms with van der Waals surface area (Å²) >= 11 is 0. The maximum atomic E-state index is 5.60. The van der Waals surface area contributed by atoms with E-state index in [0.29, 0.717) is 25.7 Å². The Hall–Kier alpha value is -1.67. The minimum Gasteiger partial charge on any atom is -0.464 e. The number of aromatic nitrogens is 3. The maximum absolute atomic E-state index is 5.60. The van der Waals surface area contributed by atoms with Gasteiger partial charge in [-0.3, -0.25) is 5.43 Å². The fourth-order valence-electron chi connectivity index (χ4n) is 1.61. The van der Waals surface area contributed by atoms with Gasteiger partial charge >= 0.3 is 6.01 Å². The van der Waals surface area contributed by atoms with Gasteiger partial charge in [0.25, 0.3) is 0 Å². The molecule has 0 atom stereocenters. The number of nitrogen functional groups attached to an aromatic ring is 1. The number of hydrogen-bond donors (Lipinski definition) is 2. The van der Waals surface area contributed by atoms with Crippen LogP contribution in [-0.4, -0.2) is 48.4 Å². The highest BCUT2D eigenvalue weighted by Crippen LogP contribution is 2.28. The van der Waals surface area contributed by atoms with Crippen molar-refractivity contribution in [2.75, 3.05) is 43.7 Å². The number of rotatable bonds is 9. The molecule has 1 aromatic heterocycles. The second-order valence-corrected chi connectivity index (χ2v) is 4.76. The molecule has 0 saturated heterocycles. The zero-order valence-electron chi connectivity index (χ0n) is 12.0. The largest absolute Gasteiger partial charge is 0.464 e. The van der Waals surface area contributed by atoms with E-state index < -0.39 is 0 Å². The standard InChI is InChI=1S/C12H22N6O2/c1-3-20-12-15-10(17-13)14-11(16-12)18(2)6-7-19-8-9-4-5-9/h9H,3-8,13H2,1-2H3,(H,14,15,16,17). The molecule has 0 amide bonds. The molecule has 2 rings (SSSR count). The van der Waals surface area contributed by atoms with Crippen molar-refractivity contribution in [1.29, 1.82) is 0 Å². The van der Waals surface area contributed by atoms with Crippen molar-refractivity contribution in [3.8, 4) is 6.01 Å². The van der Waals surface area contributed by atoms with Gasteiger partial charge in [0, 0.05) is 20.2 Å². The highest BCUT2D eigenvalue weighted by Gasteiger charge is 2.21. The Morgan fingerprint density at radius 2 is 2.15 bits per heavy atom. The molecule has 0 bridgehead atoms. The molecule has 0 spiro atoms. The van der Waals surface area contributed by atoms with Crippen molar-refractivity contribution in [2.45, 2.75) is 19.8 Å². The number of hydrazine groups is 1.